The molecule has 2 heterocycles. The number of nitrogens with one attached hydrogen (secondary N) is 1. The Morgan fingerprint density at radius 1 is 1.16 bits per heavy atom. The maximum Gasteiger partial charge on any atom is 0.250 e. The lowest BCUT2D eigenvalue weighted by Gasteiger charge is -2.25. The Hall–Kier alpha value is -2.45. The summed E-state index contributed by atoms with van der Waals surface area (Å²) in [5.74, 6) is 0.991. The second kappa shape index (κ2) is 10.2. The van der Waals surface area contributed by atoms with Crippen LogP contribution in [0.2, 0.25) is 0 Å². The van der Waals surface area contributed by atoms with Crippen molar-refractivity contribution in [2.24, 2.45) is 5.10 Å². The highest BCUT2D eigenvalue weighted by Crippen LogP contribution is 2.35. The molecule has 162 valence electrons. The Morgan fingerprint density at radius 2 is 1.94 bits per heavy atom. The number of hydrogen-bond donors (Lipinski definition) is 1. The van der Waals surface area contributed by atoms with Gasteiger partial charge in [-0.15, -0.1) is 21.5 Å². The van der Waals surface area contributed by atoms with E-state index in [2.05, 4.69) is 56.5 Å². The van der Waals surface area contributed by atoms with Crippen LogP contribution in [0, 0.1) is 13.8 Å². The SMILES string of the molecule is Cc1ccc(-c2nnc(SCC(=O)NN=Cc3ccc(C)s3)n2C2CCCCC2)cc1. The number of hydrazone groups is 1. The lowest BCUT2D eigenvalue weighted by Crippen LogP contribution is -2.20. The van der Waals surface area contributed by atoms with E-state index < -0.39 is 0 Å². The second-order valence-corrected chi connectivity index (χ2v) is 10.1. The van der Waals surface area contributed by atoms with Crippen molar-refractivity contribution in [1.29, 1.82) is 0 Å². The van der Waals surface area contributed by atoms with Gasteiger partial charge in [-0.2, -0.15) is 5.10 Å². The number of thioether (sulfide) groups is 1. The molecule has 0 spiro atoms. The summed E-state index contributed by atoms with van der Waals surface area (Å²) in [6.45, 7) is 4.13. The van der Waals surface area contributed by atoms with Gasteiger partial charge in [0.1, 0.15) is 0 Å². The molecule has 31 heavy (non-hydrogen) atoms. The zero-order valence-electron chi connectivity index (χ0n) is 17.9. The van der Waals surface area contributed by atoms with Crippen LogP contribution in [-0.4, -0.2) is 32.6 Å². The minimum atomic E-state index is -0.149. The lowest BCUT2D eigenvalue weighted by molar-refractivity contribution is -0.118. The molecule has 0 bridgehead atoms. The van der Waals surface area contributed by atoms with Crippen molar-refractivity contribution >= 4 is 35.2 Å². The van der Waals surface area contributed by atoms with Gasteiger partial charge >= 0.3 is 0 Å². The number of hydrogen-bond acceptors (Lipinski definition) is 6. The molecule has 4 rings (SSSR count). The maximum atomic E-state index is 12.3. The largest absolute Gasteiger partial charge is 0.299 e. The summed E-state index contributed by atoms with van der Waals surface area (Å²) in [5, 5.41) is 13.8. The maximum absolute atomic E-state index is 12.3. The first kappa shape index (κ1) is 21.8. The van der Waals surface area contributed by atoms with Gasteiger partial charge in [0.15, 0.2) is 11.0 Å². The van der Waals surface area contributed by atoms with E-state index in [0.29, 0.717) is 6.04 Å². The van der Waals surface area contributed by atoms with Crippen LogP contribution < -0.4 is 5.43 Å². The van der Waals surface area contributed by atoms with Crippen LogP contribution in [0.3, 0.4) is 0 Å². The standard InChI is InChI=1S/C23H27N5OS2/c1-16-8-11-18(12-9-16)22-26-27-23(28(22)19-6-4-3-5-7-19)30-15-21(29)25-24-14-20-13-10-17(2)31-20/h8-14,19H,3-7,15H2,1-2H3,(H,25,29). The van der Waals surface area contributed by atoms with Crippen LogP contribution >= 0.6 is 23.1 Å². The van der Waals surface area contributed by atoms with Gasteiger partial charge in [-0.05, 0) is 38.8 Å². The number of rotatable bonds is 7. The van der Waals surface area contributed by atoms with Gasteiger partial charge in [-0.3, -0.25) is 9.36 Å². The number of amides is 1. The Bertz CT molecular complexity index is 1050. The summed E-state index contributed by atoms with van der Waals surface area (Å²) >= 11 is 3.07. The van der Waals surface area contributed by atoms with Gasteiger partial charge in [0.05, 0.1) is 12.0 Å². The van der Waals surface area contributed by atoms with Crippen molar-refractivity contribution in [3.63, 3.8) is 0 Å². The third-order valence-corrected chi connectivity index (χ3v) is 7.27. The number of benzene rings is 1. The first-order valence-electron chi connectivity index (χ1n) is 10.6. The van der Waals surface area contributed by atoms with E-state index in [0.717, 1.165) is 34.3 Å². The van der Waals surface area contributed by atoms with Crippen LogP contribution in [0.15, 0.2) is 46.7 Å². The summed E-state index contributed by atoms with van der Waals surface area (Å²) in [6.07, 6.45) is 7.66. The van der Waals surface area contributed by atoms with Crippen LogP contribution in [0.5, 0.6) is 0 Å². The average Bonchev–Trinajstić information content (AvgIpc) is 3.39. The third kappa shape index (κ3) is 5.62. The molecule has 2 aromatic heterocycles. The Balaban J connectivity index is 1.46. The average molecular weight is 454 g/mol. The highest BCUT2D eigenvalue weighted by molar-refractivity contribution is 7.99. The summed E-state index contributed by atoms with van der Waals surface area (Å²) in [7, 11) is 0. The third-order valence-electron chi connectivity index (χ3n) is 5.39. The molecule has 0 radical (unpaired) electrons. The number of carbonyl (C=O) groups is 1. The Labute approximate surface area is 191 Å². The quantitative estimate of drug-likeness (QED) is 0.296. The minimum Gasteiger partial charge on any atom is -0.299 e. The zero-order valence-corrected chi connectivity index (χ0v) is 19.5. The van der Waals surface area contributed by atoms with Crippen LogP contribution in [0.25, 0.3) is 11.4 Å². The molecule has 3 aromatic rings. The fraction of sp³-hybridized carbons (Fsp3) is 0.391. The Morgan fingerprint density at radius 3 is 2.65 bits per heavy atom. The van der Waals surface area contributed by atoms with E-state index in [1.807, 2.05) is 19.1 Å². The molecule has 0 unspecified atom stereocenters. The van der Waals surface area contributed by atoms with Crippen LogP contribution in [0.4, 0.5) is 0 Å². The molecule has 1 aliphatic carbocycles. The molecule has 1 amide bonds. The molecule has 1 saturated carbocycles. The Kier molecular flexibility index (Phi) is 7.19. The van der Waals surface area contributed by atoms with Crippen molar-refractivity contribution in [3.05, 3.63) is 51.7 Å². The number of nitrogens with zero attached hydrogens (tertiary/aromatic N) is 4. The molecular formula is C23H27N5OS2. The van der Waals surface area contributed by atoms with Crippen molar-refractivity contribution < 1.29 is 4.79 Å². The van der Waals surface area contributed by atoms with E-state index in [-0.39, 0.29) is 11.7 Å². The van der Waals surface area contributed by atoms with Crippen LogP contribution in [0.1, 0.15) is 53.5 Å². The predicted molar refractivity (Wildman–Crippen MR) is 128 cm³/mol. The molecule has 0 atom stereocenters. The van der Waals surface area contributed by atoms with Crippen molar-refractivity contribution in [2.45, 2.75) is 57.1 Å². The molecule has 6 nitrogen and oxygen atoms in total. The van der Waals surface area contributed by atoms with Gasteiger partial charge in [0, 0.05) is 21.4 Å². The number of thiophene rings is 1. The number of aryl methyl sites for hydroxylation is 2. The highest BCUT2D eigenvalue weighted by Gasteiger charge is 2.24. The van der Waals surface area contributed by atoms with Crippen LogP contribution in [-0.2, 0) is 4.79 Å². The number of aromatic nitrogens is 3. The van der Waals surface area contributed by atoms with E-state index in [1.54, 1.807) is 17.6 Å². The van der Waals surface area contributed by atoms with Gasteiger partial charge in [-0.25, -0.2) is 5.43 Å². The van der Waals surface area contributed by atoms with E-state index in [9.17, 15) is 4.79 Å². The molecule has 0 aliphatic heterocycles. The summed E-state index contributed by atoms with van der Waals surface area (Å²) < 4.78 is 2.25. The molecule has 1 aromatic carbocycles. The predicted octanol–water partition coefficient (Wildman–Crippen LogP) is 5.37. The number of carbonyl (C=O) groups excluding carboxylic acids is 1. The lowest BCUT2D eigenvalue weighted by atomic mass is 9.95. The normalized spacial score (nSPS) is 14.9. The van der Waals surface area contributed by atoms with Crippen molar-refractivity contribution in [3.8, 4) is 11.4 Å². The van der Waals surface area contributed by atoms with Crippen molar-refractivity contribution in [1.82, 2.24) is 20.2 Å². The minimum absolute atomic E-state index is 0.149. The summed E-state index contributed by atoms with van der Waals surface area (Å²) in [6, 6.07) is 12.8. The fourth-order valence-electron chi connectivity index (χ4n) is 3.80. The molecule has 1 aliphatic rings. The summed E-state index contributed by atoms with van der Waals surface area (Å²) in [4.78, 5) is 14.6. The van der Waals surface area contributed by atoms with E-state index in [1.165, 1.54) is 41.5 Å². The molecular weight excluding hydrogens is 426 g/mol. The molecule has 0 saturated heterocycles. The van der Waals surface area contributed by atoms with Crippen molar-refractivity contribution in [2.75, 3.05) is 5.75 Å². The van der Waals surface area contributed by atoms with E-state index in [4.69, 9.17) is 0 Å². The first-order valence-corrected chi connectivity index (χ1v) is 12.4. The molecule has 1 N–H and O–H groups in total. The highest BCUT2D eigenvalue weighted by atomic mass is 32.2. The van der Waals surface area contributed by atoms with E-state index >= 15 is 0 Å². The van der Waals surface area contributed by atoms with Gasteiger partial charge in [-0.1, -0.05) is 60.9 Å². The fourth-order valence-corrected chi connectivity index (χ4v) is 5.34. The monoisotopic (exact) mass is 453 g/mol. The summed E-state index contributed by atoms with van der Waals surface area (Å²) in [5.41, 5.74) is 4.90. The zero-order chi connectivity index (χ0) is 21.6. The van der Waals surface area contributed by atoms with Gasteiger partial charge < -0.3 is 0 Å². The van der Waals surface area contributed by atoms with Gasteiger partial charge in [0.2, 0.25) is 0 Å². The second-order valence-electron chi connectivity index (χ2n) is 7.86. The van der Waals surface area contributed by atoms with Gasteiger partial charge in [0.25, 0.3) is 5.91 Å². The molecule has 8 heteroatoms. The topological polar surface area (TPSA) is 72.2 Å². The first-order chi connectivity index (χ1) is 15.1. The smallest absolute Gasteiger partial charge is 0.250 e. The molecule has 1 fully saturated rings.